The number of rotatable bonds is 14. The zero-order valence-corrected chi connectivity index (χ0v) is 23.0. The number of anilines is 2. The summed E-state index contributed by atoms with van der Waals surface area (Å²) in [6, 6.07) is 16.2. The maximum absolute atomic E-state index is 13.1. The number of amides is 3. The molecule has 0 aliphatic rings. The van der Waals surface area contributed by atoms with Gasteiger partial charge >= 0.3 is 0 Å². The third-order valence-corrected chi connectivity index (χ3v) is 5.69. The van der Waals surface area contributed by atoms with Crippen LogP contribution in [0.15, 0.2) is 78.4 Å². The van der Waals surface area contributed by atoms with Crippen molar-refractivity contribution in [3.63, 3.8) is 0 Å². The molecule has 3 aromatic carbocycles. The topological polar surface area (TPSA) is 118 Å². The molecule has 3 N–H and O–H groups in total. The highest BCUT2D eigenvalue weighted by atomic mass is 19.1. The standard InChI is InChI=1S/C31H33FN4O5/c1-4-9-23-16-21(19-33-36-29(38)18-28(37)35-26-11-8-7-10-22(26)5-2)17-27(40-6-3)31(23)41-20-30(39)34-25-14-12-24(32)13-15-25/h4,7-8,10-17,19H,1,5-6,9,18,20H2,2-3H3,(H,34,39)(H,35,37)(H,36,38). The van der Waals surface area contributed by atoms with E-state index in [1.807, 2.05) is 32.0 Å². The third-order valence-electron chi connectivity index (χ3n) is 5.69. The molecular formula is C31H33FN4O5. The molecule has 0 atom stereocenters. The highest BCUT2D eigenvalue weighted by molar-refractivity contribution is 6.04. The number of hydrazone groups is 1. The molecule has 0 radical (unpaired) electrons. The zero-order valence-electron chi connectivity index (χ0n) is 23.0. The lowest BCUT2D eigenvalue weighted by Crippen LogP contribution is -2.25. The minimum Gasteiger partial charge on any atom is -0.490 e. The molecule has 0 bridgehead atoms. The lowest BCUT2D eigenvalue weighted by molar-refractivity contribution is -0.126. The zero-order chi connectivity index (χ0) is 29.6. The Balaban J connectivity index is 1.64. The van der Waals surface area contributed by atoms with E-state index in [-0.39, 0.29) is 6.61 Å². The van der Waals surface area contributed by atoms with E-state index in [2.05, 4.69) is 27.7 Å². The number of benzene rings is 3. The number of hydrogen-bond donors (Lipinski definition) is 3. The summed E-state index contributed by atoms with van der Waals surface area (Å²) in [5, 5.41) is 9.37. The number of nitrogens with zero attached hydrogens (tertiary/aromatic N) is 1. The number of halogens is 1. The molecule has 0 unspecified atom stereocenters. The van der Waals surface area contributed by atoms with Crippen LogP contribution < -0.4 is 25.5 Å². The first kappa shape index (κ1) is 30.6. The van der Waals surface area contributed by atoms with Crippen molar-refractivity contribution in [3.05, 3.63) is 95.8 Å². The van der Waals surface area contributed by atoms with Gasteiger partial charge in [0.15, 0.2) is 18.1 Å². The van der Waals surface area contributed by atoms with Crippen molar-refractivity contribution in [2.75, 3.05) is 23.8 Å². The summed E-state index contributed by atoms with van der Waals surface area (Å²) in [6.07, 6.45) is 3.85. The molecule has 3 amide bonds. The lowest BCUT2D eigenvalue weighted by Gasteiger charge is -2.16. The molecule has 0 heterocycles. The van der Waals surface area contributed by atoms with Gasteiger partial charge in [-0.05, 0) is 73.4 Å². The van der Waals surface area contributed by atoms with Crippen LogP contribution in [0.3, 0.4) is 0 Å². The molecule has 3 aromatic rings. The lowest BCUT2D eigenvalue weighted by atomic mass is 10.1. The second kappa shape index (κ2) is 15.6. The predicted octanol–water partition coefficient (Wildman–Crippen LogP) is 5.01. The van der Waals surface area contributed by atoms with Crippen LogP contribution in [0.4, 0.5) is 15.8 Å². The van der Waals surface area contributed by atoms with Gasteiger partial charge in [0.25, 0.3) is 5.91 Å². The molecule has 0 aliphatic heterocycles. The summed E-state index contributed by atoms with van der Waals surface area (Å²) in [5.41, 5.74) is 5.72. The van der Waals surface area contributed by atoms with Crippen LogP contribution in [0, 0.1) is 5.82 Å². The van der Waals surface area contributed by atoms with Gasteiger partial charge in [0, 0.05) is 16.9 Å². The number of aryl methyl sites for hydroxylation is 1. The fourth-order valence-electron chi connectivity index (χ4n) is 3.87. The van der Waals surface area contributed by atoms with Gasteiger partial charge in [-0.2, -0.15) is 5.10 Å². The van der Waals surface area contributed by atoms with Gasteiger partial charge in [-0.3, -0.25) is 14.4 Å². The van der Waals surface area contributed by atoms with E-state index in [1.165, 1.54) is 30.5 Å². The third kappa shape index (κ3) is 9.61. The number of hydrogen-bond acceptors (Lipinski definition) is 6. The van der Waals surface area contributed by atoms with Crippen LogP contribution >= 0.6 is 0 Å². The number of allylic oxidation sites excluding steroid dienone is 1. The van der Waals surface area contributed by atoms with E-state index in [0.29, 0.717) is 47.0 Å². The highest BCUT2D eigenvalue weighted by Crippen LogP contribution is 2.33. The highest BCUT2D eigenvalue weighted by Gasteiger charge is 2.15. The fraction of sp³-hybridized carbons (Fsp3) is 0.226. The van der Waals surface area contributed by atoms with Crippen molar-refractivity contribution in [1.82, 2.24) is 5.43 Å². The van der Waals surface area contributed by atoms with Crippen LogP contribution in [0.25, 0.3) is 0 Å². The van der Waals surface area contributed by atoms with Crippen LogP contribution in [0.5, 0.6) is 11.5 Å². The van der Waals surface area contributed by atoms with Gasteiger partial charge in [-0.15, -0.1) is 6.58 Å². The minimum absolute atomic E-state index is 0.310. The predicted molar refractivity (Wildman–Crippen MR) is 157 cm³/mol. The maximum Gasteiger partial charge on any atom is 0.262 e. The largest absolute Gasteiger partial charge is 0.490 e. The smallest absolute Gasteiger partial charge is 0.262 e. The number of ether oxygens (including phenoxy) is 2. The second-order valence-electron chi connectivity index (χ2n) is 8.81. The van der Waals surface area contributed by atoms with Crippen molar-refractivity contribution in [2.45, 2.75) is 33.1 Å². The quantitative estimate of drug-likeness (QED) is 0.111. The molecule has 9 nitrogen and oxygen atoms in total. The van der Waals surface area contributed by atoms with E-state index in [4.69, 9.17) is 9.47 Å². The Morgan fingerprint density at radius 3 is 2.39 bits per heavy atom. The molecule has 0 saturated carbocycles. The average molecular weight is 561 g/mol. The number of nitrogens with one attached hydrogen (secondary N) is 3. The van der Waals surface area contributed by atoms with E-state index in [1.54, 1.807) is 24.3 Å². The van der Waals surface area contributed by atoms with Gasteiger partial charge < -0.3 is 20.1 Å². The van der Waals surface area contributed by atoms with Gasteiger partial charge in [0.1, 0.15) is 12.2 Å². The van der Waals surface area contributed by atoms with Crippen molar-refractivity contribution in [2.24, 2.45) is 5.10 Å². The van der Waals surface area contributed by atoms with E-state index in [0.717, 1.165) is 12.0 Å². The van der Waals surface area contributed by atoms with E-state index in [9.17, 15) is 18.8 Å². The van der Waals surface area contributed by atoms with E-state index >= 15 is 0 Å². The summed E-state index contributed by atoms with van der Waals surface area (Å²) in [6.45, 7) is 7.59. The first-order valence-corrected chi connectivity index (χ1v) is 13.1. The Kier molecular flexibility index (Phi) is 11.6. The SMILES string of the molecule is C=CCc1cc(C=NNC(=O)CC(=O)Nc2ccccc2CC)cc(OCC)c1OCC(=O)Nc1ccc(F)cc1. The first-order valence-electron chi connectivity index (χ1n) is 13.1. The summed E-state index contributed by atoms with van der Waals surface area (Å²) < 4.78 is 24.7. The van der Waals surface area contributed by atoms with Crippen molar-refractivity contribution in [3.8, 4) is 11.5 Å². The molecule has 0 fully saturated rings. The molecule has 0 aliphatic carbocycles. The summed E-state index contributed by atoms with van der Waals surface area (Å²) in [7, 11) is 0. The number of para-hydroxylation sites is 1. The normalized spacial score (nSPS) is 10.6. The van der Waals surface area contributed by atoms with Crippen LogP contribution in [0.2, 0.25) is 0 Å². The Labute approximate surface area is 238 Å². The summed E-state index contributed by atoms with van der Waals surface area (Å²) in [5.74, 6) is -1.11. The Morgan fingerprint density at radius 1 is 0.927 bits per heavy atom. The fourth-order valence-corrected chi connectivity index (χ4v) is 3.87. The average Bonchev–Trinajstić information content (AvgIpc) is 2.94. The van der Waals surface area contributed by atoms with Crippen molar-refractivity contribution in [1.29, 1.82) is 0 Å². The van der Waals surface area contributed by atoms with Gasteiger partial charge in [-0.25, -0.2) is 9.82 Å². The molecule has 0 saturated heterocycles. The molecule has 214 valence electrons. The van der Waals surface area contributed by atoms with Gasteiger partial charge in [-0.1, -0.05) is 31.2 Å². The molecule has 10 heteroatoms. The molecule has 0 aromatic heterocycles. The Morgan fingerprint density at radius 2 is 1.68 bits per heavy atom. The summed E-state index contributed by atoms with van der Waals surface area (Å²) in [4.78, 5) is 37.0. The summed E-state index contributed by atoms with van der Waals surface area (Å²) >= 11 is 0. The molecule has 41 heavy (non-hydrogen) atoms. The maximum atomic E-state index is 13.1. The van der Waals surface area contributed by atoms with Gasteiger partial charge in [0.05, 0.1) is 12.8 Å². The van der Waals surface area contributed by atoms with Crippen LogP contribution in [-0.4, -0.2) is 37.1 Å². The second-order valence-corrected chi connectivity index (χ2v) is 8.81. The molecule has 0 spiro atoms. The first-order chi connectivity index (χ1) is 19.8. The van der Waals surface area contributed by atoms with E-state index < -0.39 is 30.0 Å². The minimum atomic E-state index is -0.573. The van der Waals surface area contributed by atoms with Crippen molar-refractivity contribution >= 4 is 35.3 Å². The van der Waals surface area contributed by atoms with Crippen LogP contribution in [-0.2, 0) is 27.2 Å². The van der Waals surface area contributed by atoms with Gasteiger partial charge in [0.2, 0.25) is 11.8 Å². The molecule has 3 rings (SSSR count). The number of carbonyl (C=O) groups is 3. The monoisotopic (exact) mass is 560 g/mol. The number of carbonyl (C=O) groups excluding carboxylic acids is 3. The van der Waals surface area contributed by atoms with Crippen molar-refractivity contribution < 1.29 is 28.2 Å². The Hall–Kier alpha value is -4.99. The Bertz CT molecular complexity index is 1410. The molecular weight excluding hydrogens is 527 g/mol. The van der Waals surface area contributed by atoms with Crippen LogP contribution in [0.1, 0.15) is 37.0 Å².